The van der Waals surface area contributed by atoms with Crippen LogP contribution in [0.3, 0.4) is 0 Å². The van der Waals surface area contributed by atoms with Crippen molar-refractivity contribution >= 4 is 5.97 Å². The molecule has 2 heterocycles. The summed E-state index contributed by atoms with van der Waals surface area (Å²) in [5.74, 6) is 2.76. The van der Waals surface area contributed by atoms with Crippen LogP contribution in [0.4, 0.5) is 0 Å². The van der Waals surface area contributed by atoms with Crippen molar-refractivity contribution in [2.24, 2.45) is 23.7 Å². The number of nitrogens with zero attached hydrogens (tertiary/aromatic N) is 1. The van der Waals surface area contributed by atoms with Gasteiger partial charge in [-0.15, -0.1) is 0 Å². The Morgan fingerprint density at radius 3 is 2.51 bits per heavy atom. The summed E-state index contributed by atoms with van der Waals surface area (Å²) < 4.78 is 16.7. The van der Waals surface area contributed by atoms with Gasteiger partial charge in [-0.2, -0.15) is 0 Å². The molecule has 35 heavy (non-hydrogen) atoms. The molecule has 0 bridgehead atoms. The number of rotatable bonds is 8. The minimum Gasteiger partial charge on any atom is -0.463 e. The maximum atomic E-state index is 13.3. The lowest BCUT2D eigenvalue weighted by Crippen LogP contribution is -2.45. The monoisotopic (exact) mass is 477 g/mol. The Balaban J connectivity index is 1.01. The van der Waals surface area contributed by atoms with Crippen molar-refractivity contribution in [2.45, 2.75) is 44.1 Å². The number of carbonyl (C=O) groups excluding carboxylic acids is 1. The van der Waals surface area contributed by atoms with Crippen LogP contribution in [0, 0.1) is 23.7 Å². The molecular formula is C29H35NO5. The number of hydrogen-bond acceptors (Lipinski definition) is 6. The molecule has 2 aromatic rings. The fraction of sp³-hybridized carbons (Fsp3) is 0.552. The Bertz CT molecular complexity index is 1040. The molecule has 4 aliphatic rings. The van der Waals surface area contributed by atoms with E-state index in [1.807, 2.05) is 36.4 Å². The van der Waals surface area contributed by atoms with Gasteiger partial charge in [-0.1, -0.05) is 55.7 Å². The summed E-state index contributed by atoms with van der Waals surface area (Å²) in [4.78, 5) is 15.8. The van der Waals surface area contributed by atoms with E-state index >= 15 is 0 Å². The number of aliphatic hydroxyl groups is 1. The van der Waals surface area contributed by atoms with Crippen molar-refractivity contribution in [1.29, 1.82) is 0 Å². The molecule has 3 fully saturated rings. The van der Waals surface area contributed by atoms with E-state index in [-0.39, 0.29) is 5.92 Å². The molecule has 2 aliphatic carbocycles. The van der Waals surface area contributed by atoms with Crippen LogP contribution in [0.25, 0.3) is 0 Å². The fourth-order valence-corrected chi connectivity index (χ4v) is 6.56. The largest absolute Gasteiger partial charge is 0.463 e. The predicted octanol–water partition coefficient (Wildman–Crippen LogP) is 4.15. The van der Waals surface area contributed by atoms with Gasteiger partial charge < -0.3 is 24.2 Å². The van der Waals surface area contributed by atoms with E-state index in [4.69, 9.17) is 14.2 Å². The topological polar surface area (TPSA) is 68.2 Å². The molecular weight excluding hydrogens is 442 g/mol. The molecule has 2 aromatic carbocycles. The van der Waals surface area contributed by atoms with Gasteiger partial charge in [0.15, 0.2) is 17.1 Å². The SMILES string of the molecule is O=C(OCC1[C@H]2CN(CCc3ccc4c(c3)OCO4)C[C@@H]12)C(O)(c1ccccc1)C1CCCCC1. The van der Waals surface area contributed by atoms with E-state index < -0.39 is 11.6 Å². The van der Waals surface area contributed by atoms with Gasteiger partial charge in [0.25, 0.3) is 0 Å². The molecule has 1 saturated heterocycles. The van der Waals surface area contributed by atoms with Gasteiger partial charge in [-0.3, -0.25) is 0 Å². The minimum atomic E-state index is -1.54. The summed E-state index contributed by atoms with van der Waals surface area (Å²) in [7, 11) is 0. The predicted molar refractivity (Wildman–Crippen MR) is 131 cm³/mol. The Morgan fingerprint density at radius 1 is 1.00 bits per heavy atom. The molecule has 0 spiro atoms. The molecule has 6 heteroatoms. The molecule has 6 nitrogen and oxygen atoms in total. The second-order valence-electron chi connectivity index (χ2n) is 10.8. The van der Waals surface area contributed by atoms with E-state index in [1.54, 1.807) is 0 Å². The zero-order valence-electron chi connectivity index (χ0n) is 20.2. The van der Waals surface area contributed by atoms with E-state index in [0.29, 0.717) is 36.7 Å². The number of likely N-dealkylation sites (tertiary alicyclic amines) is 1. The zero-order valence-corrected chi connectivity index (χ0v) is 20.2. The lowest BCUT2D eigenvalue weighted by Gasteiger charge is -2.36. The molecule has 2 aliphatic heterocycles. The zero-order chi connectivity index (χ0) is 23.8. The number of ether oxygens (including phenoxy) is 3. The first-order chi connectivity index (χ1) is 17.1. The van der Waals surface area contributed by atoms with Crippen molar-refractivity contribution in [1.82, 2.24) is 4.90 Å². The summed E-state index contributed by atoms with van der Waals surface area (Å²) in [6.07, 6.45) is 6.01. The van der Waals surface area contributed by atoms with Crippen molar-refractivity contribution in [3.63, 3.8) is 0 Å². The van der Waals surface area contributed by atoms with Crippen LogP contribution in [0.2, 0.25) is 0 Å². The minimum absolute atomic E-state index is 0.0727. The maximum Gasteiger partial charge on any atom is 0.343 e. The van der Waals surface area contributed by atoms with Gasteiger partial charge in [0, 0.05) is 31.5 Å². The first-order valence-electron chi connectivity index (χ1n) is 13.2. The first kappa shape index (κ1) is 22.9. The van der Waals surface area contributed by atoms with Crippen LogP contribution in [-0.4, -0.2) is 49.0 Å². The highest BCUT2D eigenvalue weighted by molar-refractivity contribution is 5.81. The number of esters is 1. The Morgan fingerprint density at radius 2 is 1.74 bits per heavy atom. The van der Waals surface area contributed by atoms with Crippen LogP contribution in [0.5, 0.6) is 11.5 Å². The standard InChI is InChI=1S/C29H35NO5/c31-28(29(32,21-7-3-1-4-8-21)22-9-5-2-6-10-22)33-18-25-23-16-30(17-24(23)25)14-13-20-11-12-26-27(15-20)35-19-34-26/h1,3-4,7-8,11-12,15,22-25,32H,2,5-6,9-10,13-14,16-19H2/t23-,24+,25?,29?. The number of fused-ring (bicyclic) bond motifs is 2. The number of hydrogen-bond donors (Lipinski definition) is 1. The number of carbonyl (C=O) groups is 1. The Kier molecular flexibility index (Phi) is 6.19. The van der Waals surface area contributed by atoms with Crippen molar-refractivity contribution in [3.05, 3.63) is 59.7 Å². The lowest BCUT2D eigenvalue weighted by molar-refractivity contribution is -0.176. The molecule has 1 N–H and O–H groups in total. The number of benzene rings is 2. The van der Waals surface area contributed by atoms with E-state index in [1.165, 1.54) is 12.0 Å². The average Bonchev–Trinajstić information content (AvgIpc) is 3.22. The third kappa shape index (κ3) is 4.43. The highest BCUT2D eigenvalue weighted by Gasteiger charge is 2.56. The van der Waals surface area contributed by atoms with E-state index in [9.17, 15) is 9.90 Å². The summed E-state index contributed by atoms with van der Waals surface area (Å²) in [5.41, 5.74) is 0.397. The maximum absolute atomic E-state index is 13.3. The Hall–Kier alpha value is -2.57. The van der Waals surface area contributed by atoms with Gasteiger partial charge in [0.1, 0.15) is 0 Å². The van der Waals surface area contributed by atoms with Crippen molar-refractivity contribution < 1.29 is 24.1 Å². The normalized spacial score (nSPS) is 27.3. The highest BCUT2D eigenvalue weighted by Crippen LogP contribution is 2.52. The van der Waals surface area contributed by atoms with Crippen LogP contribution >= 0.6 is 0 Å². The van der Waals surface area contributed by atoms with Crippen LogP contribution < -0.4 is 9.47 Å². The van der Waals surface area contributed by atoms with Gasteiger partial charge in [0.2, 0.25) is 6.79 Å². The summed E-state index contributed by atoms with van der Waals surface area (Å²) in [5, 5.41) is 11.7. The van der Waals surface area contributed by atoms with Crippen molar-refractivity contribution in [2.75, 3.05) is 33.0 Å². The van der Waals surface area contributed by atoms with Crippen molar-refractivity contribution in [3.8, 4) is 11.5 Å². The highest BCUT2D eigenvalue weighted by atomic mass is 16.7. The summed E-state index contributed by atoms with van der Waals surface area (Å²) in [6, 6.07) is 15.6. The smallest absolute Gasteiger partial charge is 0.343 e. The molecule has 186 valence electrons. The fourth-order valence-electron chi connectivity index (χ4n) is 6.56. The van der Waals surface area contributed by atoms with Crippen LogP contribution in [0.1, 0.15) is 43.2 Å². The lowest BCUT2D eigenvalue weighted by atomic mass is 9.73. The number of piperidine rings is 1. The first-order valence-corrected chi connectivity index (χ1v) is 13.2. The summed E-state index contributed by atoms with van der Waals surface area (Å²) in [6.45, 7) is 3.87. The Labute approximate surface area is 207 Å². The van der Waals surface area contributed by atoms with E-state index in [2.05, 4.69) is 17.0 Å². The van der Waals surface area contributed by atoms with Gasteiger partial charge >= 0.3 is 5.97 Å². The molecule has 6 rings (SSSR count). The van der Waals surface area contributed by atoms with E-state index in [0.717, 1.165) is 63.2 Å². The molecule has 0 amide bonds. The molecule has 2 unspecified atom stereocenters. The van der Waals surface area contributed by atoms with Gasteiger partial charge in [0.05, 0.1) is 6.61 Å². The van der Waals surface area contributed by atoms with Gasteiger partial charge in [-0.25, -0.2) is 4.79 Å². The van der Waals surface area contributed by atoms with Crippen LogP contribution in [-0.2, 0) is 21.6 Å². The molecule has 0 radical (unpaired) electrons. The summed E-state index contributed by atoms with van der Waals surface area (Å²) >= 11 is 0. The second-order valence-corrected chi connectivity index (χ2v) is 10.8. The van der Waals surface area contributed by atoms with Crippen LogP contribution in [0.15, 0.2) is 48.5 Å². The van der Waals surface area contributed by atoms with Gasteiger partial charge in [-0.05, 0) is 54.4 Å². The molecule has 2 saturated carbocycles. The molecule has 0 aromatic heterocycles. The molecule has 4 atom stereocenters. The third-order valence-electron chi connectivity index (χ3n) is 8.73. The average molecular weight is 478 g/mol. The quantitative estimate of drug-likeness (QED) is 0.577. The third-order valence-corrected chi connectivity index (χ3v) is 8.73. The second kappa shape index (κ2) is 9.47.